The summed E-state index contributed by atoms with van der Waals surface area (Å²) < 4.78 is 1.47. The number of thiazole rings is 1. The van der Waals surface area contributed by atoms with Crippen molar-refractivity contribution >= 4 is 17.2 Å². The maximum Gasteiger partial charge on any atom is 0.307 e. The third kappa shape index (κ3) is 2.10. The minimum atomic E-state index is -0.156. The Balaban J connectivity index is 2.08. The van der Waals surface area contributed by atoms with Gasteiger partial charge < -0.3 is 0 Å². The fraction of sp³-hybridized carbons (Fsp3) is 0.556. The molecular formula is C9H12N2O3S. The van der Waals surface area contributed by atoms with E-state index >= 15 is 0 Å². The molecule has 0 radical (unpaired) electrons. The van der Waals surface area contributed by atoms with Crippen LogP contribution in [0.2, 0.25) is 0 Å². The molecule has 15 heavy (non-hydrogen) atoms. The normalized spacial score (nSPS) is 15.9. The molecule has 0 aliphatic carbocycles. The molecule has 5 nitrogen and oxygen atoms in total. The summed E-state index contributed by atoms with van der Waals surface area (Å²) in [6.07, 6.45) is 0.864. The van der Waals surface area contributed by atoms with Crippen molar-refractivity contribution in [2.24, 2.45) is 0 Å². The number of aromatic nitrogens is 1. The quantitative estimate of drug-likeness (QED) is 0.735. The van der Waals surface area contributed by atoms with Crippen LogP contribution in [-0.4, -0.2) is 28.7 Å². The Morgan fingerprint density at radius 2 is 2.47 bits per heavy atom. The van der Waals surface area contributed by atoms with Crippen LogP contribution >= 0.6 is 11.3 Å². The predicted molar refractivity (Wildman–Crippen MR) is 55.6 cm³/mol. The molecule has 1 fully saturated rings. The van der Waals surface area contributed by atoms with Crippen molar-refractivity contribution < 1.29 is 9.63 Å². The Morgan fingerprint density at radius 3 is 3.00 bits per heavy atom. The number of amides is 1. The number of nitrogens with zero attached hydrogens (tertiary/aromatic N) is 2. The molecule has 1 saturated heterocycles. The summed E-state index contributed by atoms with van der Waals surface area (Å²) in [5.41, 5.74) is 0.817. The Labute approximate surface area is 90.8 Å². The third-order valence-corrected chi connectivity index (χ3v) is 3.18. The SMILES string of the molecule is Cc1csc(=O)n1CC(=O)N1CCCO1. The van der Waals surface area contributed by atoms with Crippen LogP contribution in [0.1, 0.15) is 12.1 Å². The van der Waals surface area contributed by atoms with E-state index in [-0.39, 0.29) is 17.3 Å². The molecule has 0 unspecified atom stereocenters. The largest absolute Gasteiger partial charge is 0.307 e. The summed E-state index contributed by atoms with van der Waals surface area (Å²) >= 11 is 1.11. The van der Waals surface area contributed by atoms with Crippen molar-refractivity contribution in [1.82, 2.24) is 9.63 Å². The zero-order valence-corrected chi connectivity index (χ0v) is 9.25. The van der Waals surface area contributed by atoms with Gasteiger partial charge in [0.1, 0.15) is 6.54 Å². The number of hydrogen-bond acceptors (Lipinski definition) is 4. The van der Waals surface area contributed by atoms with E-state index in [0.29, 0.717) is 13.2 Å². The van der Waals surface area contributed by atoms with Crippen LogP contribution in [0.4, 0.5) is 0 Å². The fourth-order valence-corrected chi connectivity index (χ4v) is 2.19. The molecule has 1 aromatic heterocycles. The van der Waals surface area contributed by atoms with Crippen molar-refractivity contribution in [3.05, 3.63) is 20.7 Å². The van der Waals surface area contributed by atoms with Crippen molar-refractivity contribution in [3.8, 4) is 0 Å². The number of aryl methyl sites for hydroxylation is 1. The van der Waals surface area contributed by atoms with Gasteiger partial charge in [-0.25, -0.2) is 5.06 Å². The summed E-state index contributed by atoms with van der Waals surface area (Å²) in [6, 6.07) is 0. The van der Waals surface area contributed by atoms with E-state index in [0.717, 1.165) is 23.5 Å². The van der Waals surface area contributed by atoms with Crippen molar-refractivity contribution in [2.45, 2.75) is 19.9 Å². The first kappa shape index (κ1) is 10.4. The van der Waals surface area contributed by atoms with E-state index in [4.69, 9.17) is 4.84 Å². The lowest BCUT2D eigenvalue weighted by molar-refractivity contribution is -0.169. The number of carbonyl (C=O) groups excluding carboxylic acids is 1. The van der Waals surface area contributed by atoms with Gasteiger partial charge in [-0.1, -0.05) is 11.3 Å². The van der Waals surface area contributed by atoms with E-state index in [1.54, 1.807) is 5.38 Å². The molecular weight excluding hydrogens is 216 g/mol. The second-order valence-corrected chi connectivity index (χ2v) is 4.23. The summed E-state index contributed by atoms with van der Waals surface area (Å²) in [4.78, 5) is 28.0. The van der Waals surface area contributed by atoms with Gasteiger partial charge in [0.2, 0.25) is 0 Å². The van der Waals surface area contributed by atoms with Crippen LogP contribution in [0.3, 0.4) is 0 Å². The Kier molecular flexibility index (Phi) is 2.88. The third-order valence-electron chi connectivity index (χ3n) is 2.30. The molecule has 2 rings (SSSR count). The van der Waals surface area contributed by atoms with Gasteiger partial charge in [0, 0.05) is 11.1 Å². The number of carbonyl (C=O) groups is 1. The number of hydroxylamine groups is 2. The smallest absolute Gasteiger partial charge is 0.294 e. The highest BCUT2D eigenvalue weighted by molar-refractivity contribution is 7.07. The van der Waals surface area contributed by atoms with Crippen molar-refractivity contribution in [3.63, 3.8) is 0 Å². The molecule has 1 aromatic rings. The molecule has 0 aromatic carbocycles. The van der Waals surface area contributed by atoms with Gasteiger partial charge >= 0.3 is 4.87 Å². The van der Waals surface area contributed by atoms with Crippen LogP contribution in [0.15, 0.2) is 10.2 Å². The molecule has 2 heterocycles. The maximum atomic E-state index is 11.7. The second-order valence-electron chi connectivity index (χ2n) is 3.41. The van der Waals surface area contributed by atoms with E-state index in [1.807, 2.05) is 6.92 Å². The van der Waals surface area contributed by atoms with Gasteiger partial charge in [-0.05, 0) is 13.3 Å². The predicted octanol–water partition coefficient (Wildman–Crippen LogP) is 0.382. The molecule has 0 saturated carbocycles. The maximum absolute atomic E-state index is 11.7. The Morgan fingerprint density at radius 1 is 1.67 bits per heavy atom. The van der Waals surface area contributed by atoms with Crippen LogP contribution in [0.25, 0.3) is 0 Å². The highest BCUT2D eigenvalue weighted by Crippen LogP contribution is 2.06. The van der Waals surface area contributed by atoms with E-state index in [2.05, 4.69) is 0 Å². The molecule has 6 heteroatoms. The van der Waals surface area contributed by atoms with E-state index in [1.165, 1.54) is 9.63 Å². The zero-order chi connectivity index (χ0) is 10.8. The molecule has 1 aliphatic heterocycles. The lowest BCUT2D eigenvalue weighted by Gasteiger charge is -2.14. The van der Waals surface area contributed by atoms with Crippen LogP contribution in [0, 0.1) is 6.92 Å². The molecule has 0 N–H and O–H groups in total. The van der Waals surface area contributed by atoms with Gasteiger partial charge in [0.05, 0.1) is 13.2 Å². The summed E-state index contributed by atoms with van der Waals surface area (Å²) in [6.45, 7) is 3.10. The van der Waals surface area contributed by atoms with Crippen molar-refractivity contribution in [1.29, 1.82) is 0 Å². The van der Waals surface area contributed by atoms with Gasteiger partial charge in [-0.3, -0.25) is 19.0 Å². The first-order chi connectivity index (χ1) is 7.18. The summed E-state index contributed by atoms with van der Waals surface area (Å²) in [5, 5.41) is 3.09. The number of rotatable bonds is 2. The average molecular weight is 228 g/mol. The van der Waals surface area contributed by atoms with Gasteiger partial charge in [-0.2, -0.15) is 0 Å². The van der Waals surface area contributed by atoms with E-state index < -0.39 is 0 Å². The first-order valence-electron chi connectivity index (χ1n) is 4.76. The van der Waals surface area contributed by atoms with Gasteiger partial charge in [-0.15, -0.1) is 0 Å². The van der Waals surface area contributed by atoms with Crippen molar-refractivity contribution in [2.75, 3.05) is 13.2 Å². The topological polar surface area (TPSA) is 51.5 Å². The van der Waals surface area contributed by atoms with Crippen LogP contribution < -0.4 is 4.87 Å². The minimum absolute atomic E-state index is 0.0775. The molecule has 1 aliphatic rings. The Bertz CT molecular complexity index is 417. The second kappa shape index (κ2) is 4.16. The minimum Gasteiger partial charge on any atom is -0.294 e. The monoisotopic (exact) mass is 228 g/mol. The average Bonchev–Trinajstić information content (AvgIpc) is 2.82. The highest BCUT2D eigenvalue weighted by Gasteiger charge is 2.20. The fourth-order valence-electron chi connectivity index (χ4n) is 1.45. The lowest BCUT2D eigenvalue weighted by Crippen LogP contribution is -2.32. The summed E-state index contributed by atoms with van der Waals surface area (Å²) in [5.74, 6) is -0.156. The zero-order valence-electron chi connectivity index (χ0n) is 8.43. The Hall–Kier alpha value is -1.14. The van der Waals surface area contributed by atoms with E-state index in [9.17, 15) is 9.59 Å². The lowest BCUT2D eigenvalue weighted by atomic mass is 10.4. The van der Waals surface area contributed by atoms with Gasteiger partial charge in [0.15, 0.2) is 0 Å². The molecule has 1 amide bonds. The van der Waals surface area contributed by atoms with Gasteiger partial charge in [0.25, 0.3) is 5.91 Å². The van der Waals surface area contributed by atoms with Crippen LogP contribution in [-0.2, 0) is 16.2 Å². The molecule has 0 atom stereocenters. The number of hydrogen-bond donors (Lipinski definition) is 0. The molecule has 0 spiro atoms. The summed E-state index contributed by atoms with van der Waals surface area (Å²) in [7, 11) is 0. The molecule has 82 valence electrons. The molecule has 0 bridgehead atoms. The van der Waals surface area contributed by atoms with Crippen LogP contribution in [0.5, 0.6) is 0 Å². The highest BCUT2D eigenvalue weighted by atomic mass is 32.1. The first-order valence-corrected chi connectivity index (χ1v) is 5.64. The standard InChI is InChI=1S/C9H12N2O3S/c1-7-6-15-9(13)10(7)5-8(12)11-3-2-4-14-11/h6H,2-5H2,1H3.